The van der Waals surface area contributed by atoms with E-state index in [9.17, 15) is 0 Å². The minimum Gasteiger partial charge on any atom is -0.354 e. The molecule has 28 heavy (non-hydrogen) atoms. The molecule has 2 aliphatic heterocycles. The van der Waals surface area contributed by atoms with E-state index in [1.54, 1.807) is 6.33 Å². The Labute approximate surface area is 172 Å². The molecule has 0 bridgehead atoms. The molecule has 6 heteroatoms. The maximum atomic E-state index is 6.36. The highest BCUT2D eigenvalue weighted by atomic mass is 35.5. The lowest BCUT2D eigenvalue weighted by atomic mass is 9.91. The molecule has 0 spiro atoms. The van der Waals surface area contributed by atoms with Crippen molar-refractivity contribution in [3.63, 3.8) is 0 Å². The van der Waals surface area contributed by atoms with Gasteiger partial charge in [0, 0.05) is 62.4 Å². The molecular weight excluding hydrogens is 370 g/mol. The summed E-state index contributed by atoms with van der Waals surface area (Å²) < 4.78 is 0. The van der Waals surface area contributed by atoms with Crippen LogP contribution in [-0.2, 0) is 19.5 Å². The highest BCUT2D eigenvalue weighted by Gasteiger charge is 2.30. The average molecular weight is 398 g/mol. The second-order valence-electron chi connectivity index (χ2n) is 8.28. The molecule has 0 N–H and O–H groups in total. The molecule has 1 saturated heterocycles. The maximum Gasteiger partial charge on any atom is 0.135 e. The minimum atomic E-state index is 0.847. The molecule has 0 amide bonds. The summed E-state index contributed by atoms with van der Waals surface area (Å²) in [6, 6.07) is 8.98. The van der Waals surface area contributed by atoms with Gasteiger partial charge in [0.25, 0.3) is 0 Å². The van der Waals surface area contributed by atoms with Gasteiger partial charge < -0.3 is 4.90 Å². The van der Waals surface area contributed by atoms with Crippen molar-refractivity contribution in [3.05, 3.63) is 52.4 Å². The van der Waals surface area contributed by atoms with Crippen LogP contribution in [0.25, 0.3) is 0 Å². The fourth-order valence-electron chi connectivity index (χ4n) is 4.72. The number of piperazine rings is 1. The van der Waals surface area contributed by atoms with Crippen LogP contribution in [0, 0.1) is 0 Å². The van der Waals surface area contributed by atoms with E-state index in [0.717, 1.165) is 50.2 Å². The quantitative estimate of drug-likeness (QED) is 0.790. The van der Waals surface area contributed by atoms with Crippen LogP contribution < -0.4 is 4.90 Å². The molecule has 0 unspecified atom stereocenters. The highest BCUT2D eigenvalue weighted by Crippen LogP contribution is 2.30. The first-order chi connectivity index (χ1) is 13.8. The number of aromatic nitrogens is 2. The molecule has 1 saturated carbocycles. The zero-order chi connectivity index (χ0) is 18.9. The van der Waals surface area contributed by atoms with Crippen molar-refractivity contribution in [1.82, 2.24) is 19.8 Å². The smallest absolute Gasteiger partial charge is 0.135 e. The van der Waals surface area contributed by atoms with Crippen molar-refractivity contribution in [2.45, 2.75) is 44.8 Å². The van der Waals surface area contributed by atoms with Crippen LogP contribution in [0.2, 0.25) is 5.02 Å². The van der Waals surface area contributed by atoms with E-state index < -0.39 is 0 Å². The predicted octanol–water partition coefficient (Wildman–Crippen LogP) is 3.36. The van der Waals surface area contributed by atoms with E-state index in [4.69, 9.17) is 16.6 Å². The van der Waals surface area contributed by atoms with Crippen LogP contribution in [0.15, 0.2) is 30.6 Å². The molecule has 148 valence electrons. The molecule has 1 aliphatic carbocycles. The fraction of sp³-hybridized carbons (Fsp3) is 0.545. The number of fused-ring (bicyclic) bond motifs is 1. The number of benzene rings is 1. The largest absolute Gasteiger partial charge is 0.354 e. The zero-order valence-electron chi connectivity index (χ0n) is 16.4. The summed E-state index contributed by atoms with van der Waals surface area (Å²) in [5.74, 6) is 1.18. The summed E-state index contributed by atoms with van der Waals surface area (Å²) in [5.41, 5.74) is 3.73. The Hall–Kier alpha value is -1.69. The van der Waals surface area contributed by atoms with Gasteiger partial charge in [-0.3, -0.25) is 9.80 Å². The SMILES string of the molecule is Clc1ccccc1CN1CCc2c(ncnc2N2CCN(C3CCC3)CC2)C1. The van der Waals surface area contributed by atoms with Gasteiger partial charge >= 0.3 is 0 Å². The molecule has 1 aromatic heterocycles. The molecular formula is C22H28ClN5. The maximum absolute atomic E-state index is 6.36. The van der Waals surface area contributed by atoms with Gasteiger partial charge in [0.2, 0.25) is 0 Å². The number of rotatable bonds is 4. The van der Waals surface area contributed by atoms with Gasteiger partial charge in [-0.2, -0.15) is 0 Å². The first-order valence-electron chi connectivity index (χ1n) is 10.6. The van der Waals surface area contributed by atoms with Gasteiger partial charge in [-0.25, -0.2) is 9.97 Å². The summed E-state index contributed by atoms with van der Waals surface area (Å²) >= 11 is 6.36. The number of halogens is 1. The van der Waals surface area contributed by atoms with Gasteiger partial charge in [-0.05, 0) is 30.9 Å². The second kappa shape index (κ2) is 7.97. The lowest BCUT2D eigenvalue weighted by molar-refractivity contribution is 0.120. The summed E-state index contributed by atoms with van der Waals surface area (Å²) in [5, 5.41) is 0.848. The van der Waals surface area contributed by atoms with E-state index in [0.29, 0.717) is 0 Å². The summed E-state index contributed by atoms with van der Waals surface area (Å²) in [7, 11) is 0. The van der Waals surface area contributed by atoms with Crippen LogP contribution in [0.5, 0.6) is 0 Å². The van der Waals surface area contributed by atoms with Crippen LogP contribution in [0.3, 0.4) is 0 Å². The minimum absolute atomic E-state index is 0.847. The molecule has 5 nitrogen and oxygen atoms in total. The number of hydrogen-bond acceptors (Lipinski definition) is 5. The van der Waals surface area contributed by atoms with Crippen molar-refractivity contribution in [3.8, 4) is 0 Å². The lowest BCUT2D eigenvalue weighted by Crippen LogP contribution is -2.52. The topological polar surface area (TPSA) is 35.5 Å². The second-order valence-corrected chi connectivity index (χ2v) is 8.69. The van der Waals surface area contributed by atoms with E-state index in [2.05, 4.69) is 31.8 Å². The molecule has 2 fully saturated rings. The number of anilines is 1. The normalized spacial score (nSPS) is 21.4. The van der Waals surface area contributed by atoms with Gasteiger partial charge in [-0.15, -0.1) is 0 Å². The molecule has 0 radical (unpaired) electrons. The molecule has 0 atom stereocenters. The Morgan fingerprint density at radius 2 is 1.82 bits per heavy atom. The van der Waals surface area contributed by atoms with Crippen molar-refractivity contribution < 1.29 is 0 Å². The molecule has 1 aromatic carbocycles. The van der Waals surface area contributed by atoms with Crippen molar-refractivity contribution in [2.75, 3.05) is 37.6 Å². The van der Waals surface area contributed by atoms with E-state index in [1.807, 2.05) is 12.1 Å². The van der Waals surface area contributed by atoms with Crippen molar-refractivity contribution in [2.24, 2.45) is 0 Å². The summed E-state index contributed by atoms with van der Waals surface area (Å²) in [4.78, 5) is 16.9. The Kier molecular flexibility index (Phi) is 5.22. The Morgan fingerprint density at radius 1 is 1.00 bits per heavy atom. The van der Waals surface area contributed by atoms with Gasteiger partial charge in [0.1, 0.15) is 12.1 Å². The zero-order valence-corrected chi connectivity index (χ0v) is 17.1. The van der Waals surface area contributed by atoms with Crippen molar-refractivity contribution >= 4 is 17.4 Å². The number of nitrogens with zero attached hydrogens (tertiary/aromatic N) is 5. The van der Waals surface area contributed by atoms with Crippen LogP contribution in [0.1, 0.15) is 36.1 Å². The third kappa shape index (κ3) is 3.63. The first kappa shape index (κ1) is 18.3. The Balaban J connectivity index is 1.27. The van der Waals surface area contributed by atoms with Gasteiger partial charge in [-0.1, -0.05) is 36.2 Å². The molecule has 3 heterocycles. The Morgan fingerprint density at radius 3 is 2.57 bits per heavy atom. The molecule has 2 aromatic rings. The first-order valence-corrected chi connectivity index (χ1v) is 10.9. The van der Waals surface area contributed by atoms with E-state index in [1.165, 1.54) is 55.0 Å². The average Bonchev–Trinajstić information content (AvgIpc) is 2.68. The van der Waals surface area contributed by atoms with E-state index in [-0.39, 0.29) is 0 Å². The molecule has 3 aliphatic rings. The predicted molar refractivity (Wildman–Crippen MR) is 113 cm³/mol. The summed E-state index contributed by atoms with van der Waals surface area (Å²) in [6.07, 6.45) is 6.97. The third-order valence-electron chi connectivity index (χ3n) is 6.62. The van der Waals surface area contributed by atoms with Gasteiger partial charge in [0.05, 0.1) is 5.69 Å². The Bertz CT molecular complexity index is 829. The number of hydrogen-bond donors (Lipinski definition) is 0. The van der Waals surface area contributed by atoms with Crippen LogP contribution >= 0.6 is 11.6 Å². The lowest BCUT2D eigenvalue weighted by Gasteiger charge is -2.43. The fourth-order valence-corrected chi connectivity index (χ4v) is 4.91. The van der Waals surface area contributed by atoms with Crippen molar-refractivity contribution in [1.29, 1.82) is 0 Å². The van der Waals surface area contributed by atoms with Crippen LogP contribution in [0.4, 0.5) is 5.82 Å². The third-order valence-corrected chi connectivity index (χ3v) is 6.99. The monoisotopic (exact) mass is 397 g/mol. The standard InChI is InChI=1S/C22H28ClN5/c23-20-7-2-1-4-17(20)14-26-9-8-19-21(15-26)24-16-25-22(19)28-12-10-27(11-13-28)18-5-3-6-18/h1-2,4,7,16,18H,3,5-6,8-15H2. The molecule has 5 rings (SSSR count). The summed E-state index contributed by atoms with van der Waals surface area (Å²) in [6.45, 7) is 7.29. The van der Waals surface area contributed by atoms with Crippen LogP contribution in [-0.4, -0.2) is 58.5 Å². The van der Waals surface area contributed by atoms with Gasteiger partial charge in [0.15, 0.2) is 0 Å². The highest BCUT2D eigenvalue weighted by molar-refractivity contribution is 6.31. The van der Waals surface area contributed by atoms with E-state index >= 15 is 0 Å².